The van der Waals surface area contributed by atoms with Crippen molar-refractivity contribution >= 4 is 5.91 Å². The van der Waals surface area contributed by atoms with Gasteiger partial charge in [-0.25, -0.2) is 0 Å². The summed E-state index contributed by atoms with van der Waals surface area (Å²) in [6.45, 7) is 3.21. The average molecular weight is 239 g/mol. The van der Waals surface area contributed by atoms with Crippen LogP contribution in [0, 0.1) is 5.92 Å². The zero-order chi connectivity index (χ0) is 12.1. The first-order valence-corrected chi connectivity index (χ1v) is 7.02. The van der Waals surface area contributed by atoms with E-state index in [1.54, 1.807) is 0 Å². The van der Waals surface area contributed by atoms with Crippen molar-refractivity contribution in [2.24, 2.45) is 11.7 Å². The van der Waals surface area contributed by atoms with Gasteiger partial charge in [0.25, 0.3) is 0 Å². The summed E-state index contributed by atoms with van der Waals surface area (Å²) in [5, 5.41) is 2.95. The molecule has 1 aliphatic heterocycles. The smallest absolute Gasteiger partial charge is 0.234 e. The molecule has 1 saturated heterocycles. The number of amides is 1. The maximum absolute atomic E-state index is 11.6. The molecule has 0 aromatic rings. The van der Waals surface area contributed by atoms with Crippen molar-refractivity contribution in [2.45, 2.75) is 44.6 Å². The molecule has 1 aliphatic carbocycles. The van der Waals surface area contributed by atoms with Gasteiger partial charge in [0.05, 0.1) is 6.54 Å². The maximum Gasteiger partial charge on any atom is 0.234 e. The number of carbonyl (C=O) groups is 1. The van der Waals surface area contributed by atoms with Crippen LogP contribution in [0.5, 0.6) is 0 Å². The van der Waals surface area contributed by atoms with Crippen molar-refractivity contribution in [3.05, 3.63) is 0 Å². The normalized spacial score (nSPS) is 32.6. The lowest BCUT2D eigenvalue weighted by atomic mass is 9.93. The maximum atomic E-state index is 11.6. The first-order valence-electron chi connectivity index (χ1n) is 7.02. The highest BCUT2D eigenvalue weighted by Crippen LogP contribution is 2.27. The summed E-state index contributed by atoms with van der Waals surface area (Å²) < 4.78 is 0. The Morgan fingerprint density at radius 1 is 1.24 bits per heavy atom. The Bertz CT molecular complexity index is 257. The lowest BCUT2D eigenvalue weighted by molar-refractivity contribution is -0.122. The van der Waals surface area contributed by atoms with Gasteiger partial charge in [-0.15, -0.1) is 0 Å². The van der Waals surface area contributed by atoms with E-state index in [4.69, 9.17) is 5.73 Å². The zero-order valence-electron chi connectivity index (χ0n) is 10.7. The summed E-state index contributed by atoms with van der Waals surface area (Å²) in [7, 11) is 0. The number of hydrogen-bond donors (Lipinski definition) is 2. The standard InChI is InChI=1S/C13H25N3O/c14-9-11-5-2-1-3-6-12(11)16-8-4-7-15-13(17)10-16/h11-12H,1-10,14H2,(H,15,17). The first-order chi connectivity index (χ1) is 8.31. The van der Waals surface area contributed by atoms with Crippen LogP contribution in [0.25, 0.3) is 0 Å². The summed E-state index contributed by atoms with van der Waals surface area (Å²) in [6, 6.07) is 0.534. The van der Waals surface area contributed by atoms with E-state index in [9.17, 15) is 4.79 Å². The predicted molar refractivity (Wildman–Crippen MR) is 68.6 cm³/mol. The molecule has 2 rings (SSSR count). The average Bonchev–Trinajstić information content (AvgIpc) is 2.68. The number of nitrogens with one attached hydrogen (secondary N) is 1. The number of carbonyl (C=O) groups excluding carboxylic acids is 1. The minimum atomic E-state index is 0.183. The lowest BCUT2D eigenvalue weighted by Gasteiger charge is -2.34. The van der Waals surface area contributed by atoms with Crippen molar-refractivity contribution in [3.63, 3.8) is 0 Å². The Balaban J connectivity index is 2.02. The number of nitrogens with two attached hydrogens (primary N) is 1. The Morgan fingerprint density at radius 3 is 2.88 bits per heavy atom. The zero-order valence-corrected chi connectivity index (χ0v) is 10.7. The Labute approximate surface area is 104 Å². The second-order valence-corrected chi connectivity index (χ2v) is 5.38. The summed E-state index contributed by atoms with van der Waals surface area (Å²) in [6.07, 6.45) is 7.44. The molecular weight excluding hydrogens is 214 g/mol. The van der Waals surface area contributed by atoms with E-state index in [2.05, 4.69) is 10.2 Å². The van der Waals surface area contributed by atoms with E-state index >= 15 is 0 Å². The van der Waals surface area contributed by atoms with Gasteiger partial charge in [0, 0.05) is 19.1 Å². The molecular formula is C13H25N3O. The predicted octanol–water partition coefficient (Wildman–Crippen LogP) is 0.716. The highest BCUT2D eigenvalue weighted by molar-refractivity contribution is 5.78. The number of nitrogens with zero attached hydrogens (tertiary/aromatic N) is 1. The third-order valence-electron chi connectivity index (χ3n) is 4.18. The molecule has 2 atom stereocenters. The fourth-order valence-corrected chi connectivity index (χ4v) is 3.23. The van der Waals surface area contributed by atoms with Crippen molar-refractivity contribution in [3.8, 4) is 0 Å². The Morgan fingerprint density at radius 2 is 2.06 bits per heavy atom. The molecule has 98 valence electrons. The van der Waals surface area contributed by atoms with E-state index < -0.39 is 0 Å². The molecule has 1 amide bonds. The molecule has 2 unspecified atom stereocenters. The van der Waals surface area contributed by atoms with Gasteiger partial charge in [0.2, 0.25) is 5.91 Å². The van der Waals surface area contributed by atoms with Crippen LogP contribution in [-0.4, -0.2) is 43.0 Å². The summed E-state index contributed by atoms with van der Waals surface area (Å²) >= 11 is 0. The SMILES string of the molecule is NCC1CCCCCC1N1CCCNC(=O)C1. The van der Waals surface area contributed by atoms with Crippen LogP contribution in [-0.2, 0) is 4.79 Å². The molecule has 0 aromatic heterocycles. The summed E-state index contributed by atoms with van der Waals surface area (Å²) in [5.41, 5.74) is 5.92. The van der Waals surface area contributed by atoms with E-state index in [0.717, 1.165) is 26.1 Å². The van der Waals surface area contributed by atoms with Crippen LogP contribution in [0.1, 0.15) is 38.5 Å². The van der Waals surface area contributed by atoms with Gasteiger partial charge in [-0.05, 0) is 31.7 Å². The molecule has 3 N–H and O–H groups in total. The number of hydrogen-bond acceptors (Lipinski definition) is 3. The minimum absolute atomic E-state index is 0.183. The van der Waals surface area contributed by atoms with E-state index in [0.29, 0.717) is 18.5 Å². The molecule has 2 fully saturated rings. The lowest BCUT2D eigenvalue weighted by Crippen LogP contribution is -2.45. The highest BCUT2D eigenvalue weighted by Gasteiger charge is 2.29. The summed E-state index contributed by atoms with van der Waals surface area (Å²) in [5.74, 6) is 0.769. The highest BCUT2D eigenvalue weighted by atomic mass is 16.2. The van der Waals surface area contributed by atoms with E-state index in [1.807, 2.05) is 0 Å². The van der Waals surface area contributed by atoms with E-state index in [-0.39, 0.29) is 5.91 Å². The van der Waals surface area contributed by atoms with Crippen LogP contribution < -0.4 is 11.1 Å². The largest absolute Gasteiger partial charge is 0.355 e. The third-order valence-corrected chi connectivity index (χ3v) is 4.18. The topological polar surface area (TPSA) is 58.4 Å². The third kappa shape index (κ3) is 3.42. The van der Waals surface area contributed by atoms with Gasteiger partial charge in [-0.3, -0.25) is 9.69 Å². The molecule has 1 heterocycles. The fourth-order valence-electron chi connectivity index (χ4n) is 3.23. The van der Waals surface area contributed by atoms with Gasteiger partial charge in [0.15, 0.2) is 0 Å². The molecule has 2 aliphatic rings. The first kappa shape index (κ1) is 12.8. The van der Waals surface area contributed by atoms with Crippen LogP contribution in [0.15, 0.2) is 0 Å². The Kier molecular flexibility index (Phi) is 4.80. The van der Waals surface area contributed by atoms with Gasteiger partial charge >= 0.3 is 0 Å². The van der Waals surface area contributed by atoms with Gasteiger partial charge in [0.1, 0.15) is 0 Å². The van der Waals surface area contributed by atoms with E-state index in [1.165, 1.54) is 32.1 Å². The number of rotatable bonds is 2. The van der Waals surface area contributed by atoms with Crippen molar-refractivity contribution in [1.29, 1.82) is 0 Å². The molecule has 17 heavy (non-hydrogen) atoms. The van der Waals surface area contributed by atoms with Gasteiger partial charge in [-0.2, -0.15) is 0 Å². The van der Waals surface area contributed by atoms with Gasteiger partial charge < -0.3 is 11.1 Å². The van der Waals surface area contributed by atoms with Crippen LogP contribution in [0.3, 0.4) is 0 Å². The monoisotopic (exact) mass is 239 g/mol. The fraction of sp³-hybridized carbons (Fsp3) is 0.923. The molecule has 0 bridgehead atoms. The van der Waals surface area contributed by atoms with Crippen molar-refractivity contribution in [2.75, 3.05) is 26.2 Å². The summed E-state index contributed by atoms with van der Waals surface area (Å²) in [4.78, 5) is 14.0. The van der Waals surface area contributed by atoms with Crippen molar-refractivity contribution < 1.29 is 4.79 Å². The van der Waals surface area contributed by atoms with Crippen LogP contribution in [0.4, 0.5) is 0 Å². The molecule has 0 spiro atoms. The molecule has 4 nitrogen and oxygen atoms in total. The Hall–Kier alpha value is -0.610. The quantitative estimate of drug-likeness (QED) is 0.698. The van der Waals surface area contributed by atoms with Gasteiger partial charge in [-0.1, -0.05) is 19.3 Å². The molecule has 0 aromatic carbocycles. The molecule has 1 saturated carbocycles. The van der Waals surface area contributed by atoms with Crippen LogP contribution >= 0.6 is 0 Å². The minimum Gasteiger partial charge on any atom is -0.355 e. The van der Waals surface area contributed by atoms with Crippen LogP contribution in [0.2, 0.25) is 0 Å². The second-order valence-electron chi connectivity index (χ2n) is 5.38. The second kappa shape index (κ2) is 6.36. The molecule has 4 heteroatoms. The van der Waals surface area contributed by atoms with Crippen molar-refractivity contribution in [1.82, 2.24) is 10.2 Å². The molecule has 0 radical (unpaired) electrons.